The highest BCUT2D eigenvalue weighted by Gasteiger charge is 2.32. The van der Waals surface area contributed by atoms with E-state index in [-0.39, 0.29) is 11.3 Å². The molecule has 6 nitrogen and oxygen atoms in total. The van der Waals surface area contributed by atoms with Crippen LogP contribution in [0.15, 0.2) is 66.9 Å². The zero-order valence-electron chi connectivity index (χ0n) is 16.5. The molecule has 0 saturated carbocycles. The first-order chi connectivity index (χ1) is 14.9. The van der Waals surface area contributed by atoms with Crippen LogP contribution >= 0.6 is 11.6 Å². The van der Waals surface area contributed by atoms with E-state index >= 15 is 0 Å². The number of carbonyl (C=O) groups excluding carboxylic acids is 1. The monoisotopic (exact) mass is 483 g/mol. The van der Waals surface area contributed by atoms with Gasteiger partial charge in [-0.2, -0.15) is 13.2 Å². The van der Waals surface area contributed by atoms with Crippen LogP contribution in [-0.4, -0.2) is 25.6 Å². The second-order valence-electron chi connectivity index (χ2n) is 6.89. The van der Waals surface area contributed by atoms with E-state index in [9.17, 15) is 26.4 Å². The predicted molar refractivity (Wildman–Crippen MR) is 115 cm³/mol. The van der Waals surface area contributed by atoms with E-state index < -0.39 is 33.7 Å². The fourth-order valence-corrected chi connectivity index (χ4v) is 3.72. The van der Waals surface area contributed by atoms with Crippen molar-refractivity contribution in [2.24, 2.45) is 0 Å². The van der Waals surface area contributed by atoms with Crippen LogP contribution in [0.3, 0.4) is 0 Å². The van der Waals surface area contributed by atoms with E-state index in [1.165, 1.54) is 6.20 Å². The standard InChI is InChI=1S/C21H17ClF3N3O3S/c1-32(30,31)28-17-11-14(9-15(12-17)21(23,24)25)20(29)27-19(18-7-2-3-8-26-18)13-5-4-6-16(22)10-13/h2-12,19,28H,1H3,(H,27,29). The first-order valence-corrected chi connectivity index (χ1v) is 11.4. The summed E-state index contributed by atoms with van der Waals surface area (Å²) in [5.74, 6) is -0.858. The van der Waals surface area contributed by atoms with Crippen molar-refractivity contribution in [3.63, 3.8) is 0 Å². The third kappa shape index (κ3) is 6.21. The number of benzene rings is 2. The lowest BCUT2D eigenvalue weighted by atomic mass is 10.0. The van der Waals surface area contributed by atoms with Crippen molar-refractivity contribution in [1.29, 1.82) is 0 Å². The molecule has 3 rings (SSSR count). The van der Waals surface area contributed by atoms with Crippen LogP contribution in [0, 0.1) is 0 Å². The van der Waals surface area contributed by atoms with Crippen molar-refractivity contribution in [1.82, 2.24) is 10.3 Å². The van der Waals surface area contributed by atoms with Gasteiger partial charge in [-0.3, -0.25) is 14.5 Å². The van der Waals surface area contributed by atoms with E-state index in [1.807, 2.05) is 4.72 Å². The Hall–Kier alpha value is -3.11. The number of aromatic nitrogens is 1. The molecule has 2 N–H and O–H groups in total. The first kappa shape index (κ1) is 23.6. The molecule has 32 heavy (non-hydrogen) atoms. The van der Waals surface area contributed by atoms with Crippen LogP contribution < -0.4 is 10.0 Å². The Balaban J connectivity index is 2.03. The molecule has 1 atom stereocenters. The minimum absolute atomic E-state index is 0.381. The SMILES string of the molecule is CS(=O)(=O)Nc1cc(C(=O)NC(c2cccc(Cl)c2)c2ccccn2)cc(C(F)(F)F)c1. The van der Waals surface area contributed by atoms with Gasteiger partial charge in [0.1, 0.15) is 0 Å². The zero-order chi connectivity index (χ0) is 23.5. The lowest BCUT2D eigenvalue weighted by molar-refractivity contribution is -0.137. The molecule has 11 heteroatoms. The molecule has 1 heterocycles. The quantitative estimate of drug-likeness (QED) is 0.534. The molecule has 0 spiro atoms. The maximum atomic E-state index is 13.3. The van der Waals surface area contributed by atoms with Crippen LogP contribution in [0.1, 0.15) is 33.2 Å². The molecular formula is C21H17ClF3N3O3S. The largest absolute Gasteiger partial charge is 0.416 e. The van der Waals surface area contributed by atoms with Crippen LogP contribution in [-0.2, 0) is 16.2 Å². The third-order valence-corrected chi connectivity index (χ3v) is 5.11. The van der Waals surface area contributed by atoms with Crippen LogP contribution in [0.25, 0.3) is 0 Å². The smallest absolute Gasteiger partial charge is 0.340 e. The number of amides is 1. The highest BCUT2D eigenvalue weighted by Crippen LogP contribution is 2.32. The van der Waals surface area contributed by atoms with Crippen molar-refractivity contribution in [2.75, 3.05) is 11.0 Å². The predicted octanol–water partition coefficient (Wildman–Crippen LogP) is 4.64. The van der Waals surface area contributed by atoms with E-state index in [0.29, 0.717) is 28.4 Å². The number of hydrogen-bond acceptors (Lipinski definition) is 4. The van der Waals surface area contributed by atoms with Crippen molar-refractivity contribution in [2.45, 2.75) is 12.2 Å². The maximum Gasteiger partial charge on any atom is 0.416 e. The van der Waals surface area contributed by atoms with Crippen molar-refractivity contribution in [3.8, 4) is 0 Å². The highest BCUT2D eigenvalue weighted by molar-refractivity contribution is 7.92. The topological polar surface area (TPSA) is 88.2 Å². The van der Waals surface area contributed by atoms with Crippen molar-refractivity contribution >= 4 is 33.2 Å². The molecule has 0 fully saturated rings. The summed E-state index contributed by atoms with van der Waals surface area (Å²) in [5, 5.41) is 3.06. The summed E-state index contributed by atoms with van der Waals surface area (Å²) in [6, 6.07) is 13.1. The number of anilines is 1. The first-order valence-electron chi connectivity index (χ1n) is 9.10. The average molecular weight is 484 g/mol. The van der Waals surface area contributed by atoms with Gasteiger partial charge in [0, 0.05) is 22.5 Å². The molecule has 2 aromatic carbocycles. The van der Waals surface area contributed by atoms with Gasteiger partial charge >= 0.3 is 6.18 Å². The normalized spacial score (nSPS) is 12.8. The molecule has 0 bridgehead atoms. The minimum atomic E-state index is -4.79. The van der Waals surface area contributed by atoms with E-state index in [4.69, 9.17) is 11.6 Å². The number of rotatable bonds is 6. The minimum Gasteiger partial charge on any atom is -0.340 e. The molecule has 168 valence electrons. The molecule has 3 aromatic rings. The summed E-state index contributed by atoms with van der Waals surface area (Å²) < 4.78 is 65.0. The molecule has 1 aromatic heterocycles. The number of alkyl halides is 3. The molecule has 0 saturated heterocycles. The van der Waals surface area contributed by atoms with Gasteiger partial charge < -0.3 is 5.32 Å². The number of sulfonamides is 1. The fraction of sp³-hybridized carbons (Fsp3) is 0.143. The molecule has 0 aliphatic rings. The van der Waals surface area contributed by atoms with Gasteiger partial charge in [-0.25, -0.2) is 8.42 Å². The van der Waals surface area contributed by atoms with Crippen LogP contribution in [0.5, 0.6) is 0 Å². The second-order valence-corrected chi connectivity index (χ2v) is 9.07. The summed E-state index contributed by atoms with van der Waals surface area (Å²) in [6.07, 6.45) is -2.49. The van der Waals surface area contributed by atoms with Crippen molar-refractivity contribution in [3.05, 3.63) is 94.3 Å². The van der Waals surface area contributed by atoms with Crippen molar-refractivity contribution < 1.29 is 26.4 Å². The Bertz CT molecular complexity index is 1240. The summed E-state index contributed by atoms with van der Waals surface area (Å²) in [7, 11) is -3.87. The van der Waals surface area contributed by atoms with E-state index in [1.54, 1.807) is 42.5 Å². The van der Waals surface area contributed by atoms with Gasteiger partial charge in [0.25, 0.3) is 5.91 Å². The number of nitrogens with zero attached hydrogens (tertiary/aromatic N) is 1. The van der Waals surface area contributed by atoms with E-state index in [0.717, 1.165) is 12.3 Å². The Labute approximate surface area is 187 Å². The Kier molecular flexibility index (Phi) is 6.75. The number of halogens is 4. The number of carbonyl (C=O) groups is 1. The van der Waals surface area contributed by atoms with Gasteiger partial charge in [0.2, 0.25) is 10.0 Å². The summed E-state index contributed by atoms with van der Waals surface area (Å²) in [6.45, 7) is 0. The second kappa shape index (κ2) is 9.17. The third-order valence-electron chi connectivity index (χ3n) is 4.27. The molecule has 0 radical (unpaired) electrons. The molecular weight excluding hydrogens is 467 g/mol. The molecule has 1 unspecified atom stereocenters. The zero-order valence-corrected chi connectivity index (χ0v) is 18.1. The van der Waals surface area contributed by atoms with E-state index in [2.05, 4.69) is 10.3 Å². The Morgan fingerprint density at radius 3 is 2.41 bits per heavy atom. The lowest BCUT2D eigenvalue weighted by Gasteiger charge is -2.20. The number of pyridine rings is 1. The molecule has 0 aliphatic heterocycles. The number of nitrogens with one attached hydrogen (secondary N) is 2. The Morgan fingerprint density at radius 1 is 1.06 bits per heavy atom. The van der Waals surface area contributed by atoms with Crippen LogP contribution in [0.4, 0.5) is 18.9 Å². The van der Waals surface area contributed by atoms with Gasteiger partial charge in [-0.15, -0.1) is 0 Å². The highest BCUT2D eigenvalue weighted by atomic mass is 35.5. The Morgan fingerprint density at radius 2 is 1.81 bits per heavy atom. The number of hydrogen-bond donors (Lipinski definition) is 2. The van der Waals surface area contributed by atoms with Crippen LogP contribution in [0.2, 0.25) is 5.02 Å². The summed E-state index contributed by atoms with van der Waals surface area (Å²) >= 11 is 6.06. The van der Waals surface area contributed by atoms with Gasteiger partial charge in [-0.05, 0) is 48.0 Å². The average Bonchev–Trinajstić information content (AvgIpc) is 2.70. The molecule has 1 amide bonds. The van der Waals surface area contributed by atoms with Gasteiger partial charge in [-0.1, -0.05) is 29.8 Å². The summed E-state index contributed by atoms with van der Waals surface area (Å²) in [5.41, 5.74) is -0.942. The van der Waals surface area contributed by atoms with Gasteiger partial charge in [0.05, 0.1) is 23.6 Å². The van der Waals surface area contributed by atoms with Gasteiger partial charge in [0.15, 0.2) is 0 Å². The summed E-state index contributed by atoms with van der Waals surface area (Å²) in [4.78, 5) is 17.2. The lowest BCUT2D eigenvalue weighted by Crippen LogP contribution is -2.30. The maximum absolute atomic E-state index is 13.3. The molecule has 0 aliphatic carbocycles. The fourth-order valence-electron chi connectivity index (χ4n) is 2.97.